The number of hydrogen-bond donors (Lipinski definition) is 1. The number of rotatable bonds is 4. The third-order valence-electron chi connectivity index (χ3n) is 2.69. The number of thioether (sulfide) groups is 1. The Morgan fingerprint density at radius 2 is 1.81 bits per heavy atom. The Bertz CT molecular complexity index is 612. The van der Waals surface area contributed by atoms with Crippen molar-refractivity contribution in [2.75, 3.05) is 12.3 Å². The summed E-state index contributed by atoms with van der Waals surface area (Å²) >= 11 is 1.12. The lowest BCUT2D eigenvalue weighted by Gasteiger charge is -2.10. The normalized spacial score (nSPS) is 11.7. The van der Waals surface area contributed by atoms with Gasteiger partial charge < -0.3 is 5.73 Å². The lowest BCUT2D eigenvalue weighted by molar-refractivity contribution is -0.141. The van der Waals surface area contributed by atoms with Gasteiger partial charge in [0.25, 0.3) is 0 Å². The minimum atomic E-state index is -4.50. The predicted octanol–water partition coefficient (Wildman–Crippen LogP) is 3.52. The molecule has 1 heterocycles. The lowest BCUT2D eigenvalue weighted by atomic mass is 10.1. The number of halogens is 3. The van der Waals surface area contributed by atoms with Crippen molar-refractivity contribution in [1.82, 2.24) is 9.97 Å². The van der Waals surface area contributed by atoms with Crippen LogP contribution in [0.1, 0.15) is 11.3 Å². The fraction of sp³-hybridized carbons (Fsp3) is 0.286. The van der Waals surface area contributed by atoms with Gasteiger partial charge in [0.2, 0.25) is 0 Å². The molecule has 0 aliphatic rings. The average Bonchev–Trinajstić information content (AvgIpc) is 2.44. The van der Waals surface area contributed by atoms with Gasteiger partial charge in [-0.1, -0.05) is 41.6 Å². The number of aromatic nitrogens is 2. The highest BCUT2D eigenvalue weighted by Gasteiger charge is 2.33. The maximum atomic E-state index is 12.9. The molecule has 2 N–H and O–H groups in total. The van der Waals surface area contributed by atoms with E-state index in [-0.39, 0.29) is 10.9 Å². The first-order chi connectivity index (χ1) is 9.90. The highest BCUT2D eigenvalue weighted by Crippen LogP contribution is 2.31. The molecule has 0 saturated carbocycles. The minimum Gasteiger partial charge on any atom is -0.330 e. The van der Waals surface area contributed by atoms with Crippen molar-refractivity contribution in [3.05, 3.63) is 41.6 Å². The zero-order valence-corrected chi connectivity index (χ0v) is 12.1. The number of benzene rings is 1. The van der Waals surface area contributed by atoms with Crippen LogP contribution in [0.4, 0.5) is 13.2 Å². The van der Waals surface area contributed by atoms with Crippen LogP contribution >= 0.6 is 11.8 Å². The molecule has 0 spiro atoms. The summed E-state index contributed by atoms with van der Waals surface area (Å²) in [6.07, 6.45) is -4.50. The zero-order chi connectivity index (χ0) is 15.5. The molecule has 7 heteroatoms. The molecule has 0 aliphatic carbocycles. The van der Waals surface area contributed by atoms with E-state index >= 15 is 0 Å². The van der Waals surface area contributed by atoms with E-state index in [1.807, 2.05) is 19.1 Å². The molecule has 0 aliphatic heterocycles. The van der Waals surface area contributed by atoms with E-state index in [1.165, 1.54) is 0 Å². The molecular weight excluding hydrogens is 299 g/mol. The number of nitrogens with two attached hydrogens (primary N) is 1. The number of hydrogen-bond acceptors (Lipinski definition) is 4. The van der Waals surface area contributed by atoms with Crippen molar-refractivity contribution < 1.29 is 13.2 Å². The third kappa shape index (κ3) is 4.18. The smallest absolute Gasteiger partial charge is 0.330 e. The van der Waals surface area contributed by atoms with Crippen LogP contribution in [-0.2, 0) is 6.18 Å². The van der Waals surface area contributed by atoms with Gasteiger partial charge in [-0.3, -0.25) is 0 Å². The molecule has 0 saturated heterocycles. The second kappa shape index (κ2) is 6.44. The highest BCUT2D eigenvalue weighted by molar-refractivity contribution is 7.99. The Kier molecular flexibility index (Phi) is 4.84. The second-order valence-corrected chi connectivity index (χ2v) is 5.48. The summed E-state index contributed by atoms with van der Waals surface area (Å²) in [5.74, 6) is 0.467. The van der Waals surface area contributed by atoms with E-state index in [4.69, 9.17) is 5.73 Å². The van der Waals surface area contributed by atoms with E-state index in [2.05, 4.69) is 9.97 Å². The van der Waals surface area contributed by atoms with Crippen LogP contribution in [0.3, 0.4) is 0 Å². The molecule has 0 fully saturated rings. The standard InChI is InChI=1S/C14H14F3N3S/c1-9-2-4-10(5-3-9)11-8-12(14(15,16)17)20-13(19-11)21-7-6-18/h2-5,8H,6-7,18H2,1H3. The van der Waals surface area contributed by atoms with E-state index in [0.717, 1.165) is 23.4 Å². The van der Waals surface area contributed by atoms with Crippen molar-refractivity contribution in [2.45, 2.75) is 18.3 Å². The van der Waals surface area contributed by atoms with Gasteiger partial charge in [0, 0.05) is 17.9 Å². The van der Waals surface area contributed by atoms with E-state index in [0.29, 0.717) is 17.9 Å². The summed E-state index contributed by atoms with van der Waals surface area (Å²) in [6.45, 7) is 2.26. The Morgan fingerprint density at radius 1 is 1.14 bits per heavy atom. The molecular formula is C14H14F3N3S. The van der Waals surface area contributed by atoms with Gasteiger partial charge in [-0.15, -0.1) is 0 Å². The van der Waals surface area contributed by atoms with Crippen LogP contribution in [0.15, 0.2) is 35.5 Å². The number of aryl methyl sites for hydroxylation is 1. The van der Waals surface area contributed by atoms with Crippen LogP contribution < -0.4 is 5.73 Å². The summed E-state index contributed by atoms with van der Waals surface area (Å²) in [5.41, 5.74) is 6.35. The van der Waals surface area contributed by atoms with Gasteiger partial charge in [0.05, 0.1) is 5.69 Å². The number of nitrogens with zero attached hydrogens (tertiary/aromatic N) is 2. The van der Waals surface area contributed by atoms with Crippen molar-refractivity contribution in [1.29, 1.82) is 0 Å². The van der Waals surface area contributed by atoms with E-state index in [1.54, 1.807) is 12.1 Å². The maximum absolute atomic E-state index is 12.9. The minimum absolute atomic E-state index is 0.0888. The molecule has 0 atom stereocenters. The van der Waals surface area contributed by atoms with Gasteiger partial charge in [-0.05, 0) is 13.0 Å². The van der Waals surface area contributed by atoms with Gasteiger partial charge in [0.15, 0.2) is 5.16 Å². The predicted molar refractivity (Wildman–Crippen MR) is 77.0 cm³/mol. The molecule has 21 heavy (non-hydrogen) atoms. The summed E-state index contributed by atoms with van der Waals surface area (Å²) in [5, 5.41) is 0.0888. The van der Waals surface area contributed by atoms with E-state index in [9.17, 15) is 13.2 Å². The summed E-state index contributed by atoms with van der Waals surface area (Å²) in [7, 11) is 0. The van der Waals surface area contributed by atoms with Crippen molar-refractivity contribution >= 4 is 11.8 Å². The fourth-order valence-electron chi connectivity index (χ4n) is 1.66. The van der Waals surface area contributed by atoms with Crippen LogP contribution in [0, 0.1) is 6.92 Å². The molecule has 112 valence electrons. The van der Waals surface area contributed by atoms with Crippen LogP contribution in [-0.4, -0.2) is 22.3 Å². The van der Waals surface area contributed by atoms with Crippen molar-refractivity contribution in [2.24, 2.45) is 5.73 Å². The molecule has 3 nitrogen and oxygen atoms in total. The first-order valence-electron chi connectivity index (χ1n) is 6.26. The van der Waals surface area contributed by atoms with Crippen LogP contribution in [0.25, 0.3) is 11.3 Å². The fourth-order valence-corrected chi connectivity index (χ4v) is 2.28. The average molecular weight is 313 g/mol. The Labute approximate surface area is 124 Å². The Morgan fingerprint density at radius 3 is 2.38 bits per heavy atom. The first kappa shape index (κ1) is 15.8. The molecule has 0 radical (unpaired) electrons. The third-order valence-corrected chi connectivity index (χ3v) is 3.57. The van der Waals surface area contributed by atoms with Gasteiger partial charge >= 0.3 is 6.18 Å². The van der Waals surface area contributed by atoms with Crippen LogP contribution in [0.5, 0.6) is 0 Å². The molecule has 0 unspecified atom stereocenters. The summed E-state index contributed by atoms with van der Waals surface area (Å²) < 4.78 is 38.8. The first-order valence-corrected chi connectivity index (χ1v) is 7.25. The van der Waals surface area contributed by atoms with Crippen molar-refractivity contribution in [3.63, 3.8) is 0 Å². The molecule has 0 amide bonds. The Hall–Kier alpha value is -1.60. The summed E-state index contributed by atoms with van der Waals surface area (Å²) in [4.78, 5) is 7.74. The van der Waals surface area contributed by atoms with E-state index < -0.39 is 11.9 Å². The topological polar surface area (TPSA) is 51.8 Å². The van der Waals surface area contributed by atoms with Crippen LogP contribution in [0.2, 0.25) is 0 Å². The SMILES string of the molecule is Cc1ccc(-c2cc(C(F)(F)F)nc(SCCN)n2)cc1. The van der Waals surface area contributed by atoms with Crippen molar-refractivity contribution in [3.8, 4) is 11.3 Å². The Balaban J connectivity index is 2.46. The van der Waals surface area contributed by atoms with Gasteiger partial charge in [-0.2, -0.15) is 13.2 Å². The quantitative estimate of drug-likeness (QED) is 0.693. The molecule has 0 bridgehead atoms. The monoisotopic (exact) mass is 313 g/mol. The molecule has 1 aromatic heterocycles. The second-order valence-electron chi connectivity index (χ2n) is 4.42. The molecule has 2 rings (SSSR count). The highest BCUT2D eigenvalue weighted by atomic mass is 32.2. The maximum Gasteiger partial charge on any atom is 0.433 e. The lowest BCUT2D eigenvalue weighted by Crippen LogP contribution is -2.10. The largest absolute Gasteiger partial charge is 0.433 e. The van der Waals surface area contributed by atoms with Gasteiger partial charge in [-0.25, -0.2) is 9.97 Å². The van der Waals surface area contributed by atoms with Gasteiger partial charge in [0.1, 0.15) is 5.69 Å². The summed E-state index contributed by atoms with van der Waals surface area (Å²) in [6, 6.07) is 8.12. The number of alkyl halides is 3. The molecule has 2 aromatic rings. The zero-order valence-electron chi connectivity index (χ0n) is 11.3. The molecule has 1 aromatic carbocycles.